The van der Waals surface area contributed by atoms with Gasteiger partial charge in [-0.3, -0.25) is 4.79 Å². The van der Waals surface area contributed by atoms with Crippen LogP contribution in [0.15, 0.2) is 23.8 Å². The molecular formula is C20H30O2. The zero-order valence-corrected chi connectivity index (χ0v) is 14.5. The number of aliphatic hydroxyl groups is 1. The Labute approximate surface area is 134 Å². The molecule has 3 aliphatic rings. The van der Waals surface area contributed by atoms with E-state index in [0.717, 1.165) is 30.4 Å². The van der Waals surface area contributed by atoms with Gasteiger partial charge in [0.1, 0.15) is 0 Å². The molecule has 0 aliphatic heterocycles. The number of rotatable bonds is 1. The fraction of sp³-hybridized carbons (Fsp3) is 0.750. The zero-order valence-electron chi connectivity index (χ0n) is 14.5. The number of carbonyl (C=O) groups is 1. The first-order chi connectivity index (χ1) is 10.2. The largest absolute Gasteiger partial charge is 0.388 e. The second kappa shape index (κ2) is 4.80. The summed E-state index contributed by atoms with van der Waals surface area (Å²) in [6.45, 7) is 12.8. The lowest BCUT2D eigenvalue weighted by molar-refractivity contribution is -0.123. The summed E-state index contributed by atoms with van der Waals surface area (Å²) in [7, 11) is 0. The molecule has 2 heteroatoms. The molecule has 3 aliphatic carbocycles. The second-order valence-corrected chi connectivity index (χ2v) is 8.96. The predicted octanol–water partition coefficient (Wildman–Crippen LogP) is 4.44. The first kappa shape index (κ1) is 16.0. The van der Waals surface area contributed by atoms with Crippen LogP contribution < -0.4 is 0 Å². The summed E-state index contributed by atoms with van der Waals surface area (Å²) in [5.74, 6) is 0.810. The molecule has 4 atom stereocenters. The molecule has 0 aromatic carbocycles. The van der Waals surface area contributed by atoms with Gasteiger partial charge < -0.3 is 5.11 Å². The third kappa shape index (κ3) is 1.99. The molecule has 0 spiro atoms. The Bertz CT molecular complexity index is 556. The first-order valence-corrected chi connectivity index (χ1v) is 8.74. The van der Waals surface area contributed by atoms with Crippen LogP contribution in [0.4, 0.5) is 0 Å². The standard InChI is InChI=1S/C20H30O2/c1-6-19(4)12-14(21)16-13(17(19)22)8-9-15-18(2,3)10-7-11-20(15,16)5/h6,15,17,22H,1,7-12H2,2-5H3. The monoisotopic (exact) mass is 302 g/mol. The van der Waals surface area contributed by atoms with Crippen molar-refractivity contribution in [1.82, 2.24) is 0 Å². The highest BCUT2D eigenvalue weighted by atomic mass is 16.3. The topological polar surface area (TPSA) is 37.3 Å². The van der Waals surface area contributed by atoms with Gasteiger partial charge in [0.2, 0.25) is 0 Å². The van der Waals surface area contributed by atoms with E-state index in [9.17, 15) is 9.90 Å². The lowest BCUT2D eigenvalue weighted by Crippen LogP contribution is -2.52. The highest BCUT2D eigenvalue weighted by Gasteiger charge is 2.56. The van der Waals surface area contributed by atoms with Gasteiger partial charge in [-0.1, -0.05) is 40.2 Å². The van der Waals surface area contributed by atoms with E-state index in [-0.39, 0.29) is 16.6 Å². The van der Waals surface area contributed by atoms with Crippen molar-refractivity contribution in [3.05, 3.63) is 23.8 Å². The highest BCUT2D eigenvalue weighted by Crippen LogP contribution is 2.62. The van der Waals surface area contributed by atoms with Gasteiger partial charge in [0.05, 0.1) is 6.10 Å². The summed E-state index contributed by atoms with van der Waals surface area (Å²) in [6, 6.07) is 0. The number of hydrogen-bond donors (Lipinski definition) is 1. The Kier molecular flexibility index (Phi) is 3.49. The van der Waals surface area contributed by atoms with Crippen LogP contribution in [0.5, 0.6) is 0 Å². The number of aliphatic hydroxyl groups excluding tert-OH is 1. The van der Waals surface area contributed by atoms with E-state index in [1.54, 1.807) is 6.08 Å². The maximum absolute atomic E-state index is 13.0. The van der Waals surface area contributed by atoms with Crippen molar-refractivity contribution in [2.24, 2.45) is 22.2 Å². The minimum atomic E-state index is -0.541. The summed E-state index contributed by atoms with van der Waals surface area (Å²) in [4.78, 5) is 13.0. The van der Waals surface area contributed by atoms with Crippen LogP contribution in [-0.4, -0.2) is 17.0 Å². The van der Waals surface area contributed by atoms with E-state index < -0.39 is 11.5 Å². The molecule has 0 amide bonds. The van der Waals surface area contributed by atoms with E-state index >= 15 is 0 Å². The number of allylic oxidation sites excluding steroid dienone is 1. The molecule has 4 unspecified atom stereocenters. The van der Waals surface area contributed by atoms with Gasteiger partial charge in [-0.15, -0.1) is 6.58 Å². The Balaban J connectivity index is 2.13. The number of hydrogen-bond acceptors (Lipinski definition) is 2. The third-order valence-corrected chi connectivity index (χ3v) is 7.07. The fourth-order valence-corrected chi connectivity index (χ4v) is 5.81. The van der Waals surface area contributed by atoms with Crippen LogP contribution in [0, 0.1) is 22.2 Å². The molecule has 3 rings (SSSR count). The van der Waals surface area contributed by atoms with E-state index in [4.69, 9.17) is 0 Å². The van der Waals surface area contributed by atoms with E-state index in [1.165, 1.54) is 12.8 Å². The normalized spacial score (nSPS) is 44.3. The molecule has 0 saturated heterocycles. The lowest BCUT2D eigenvalue weighted by Gasteiger charge is -2.57. The molecular weight excluding hydrogens is 272 g/mol. The average Bonchev–Trinajstić information content (AvgIpc) is 2.43. The highest BCUT2D eigenvalue weighted by molar-refractivity contribution is 5.99. The van der Waals surface area contributed by atoms with Gasteiger partial charge in [0.15, 0.2) is 5.78 Å². The molecule has 122 valence electrons. The summed E-state index contributed by atoms with van der Waals surface area (Å²) in [5, 5.41) is 10.9. The minimum Gasteiger partial charge on any atom is -0.388 e. The van der Waals surface area contributed by atoms with Crippen molar-refractivity contribution >= 4 is 5.78 Å². The van der Waals surface area contributed by atoms with Gasteiger partial charge >= 0.3 is 0 Å². The number of carbonyl (C=O) groups excluding carboxylic acids is 1. The Morgan fingerprint density at radius 3 is 2.55 bits per heavy atom. The van der Waals surface area contributed by atoms with Crippen LogP contribution >= 0.6 is 0 Å². The smallest absolute Gasteiger partial charge is 0.160 e. The first-order valence-electron chi connectivity index (χ1n) is 8.74. The van der Waals surface area contributed by atoms with Crippen LogP contribution in [0.25, 0.3) is 0 Å². The van der Waals surface area contributed by atoms with Gasteiger partial charge in [-0.05, 0) is 48.0 Å². The molecule has 0 radical (unpaired) electrons. The Hall–Kier alpha value is -0.890. The van der Waals surface area contributed by atoms with Crippen molar-refractivity contribution in [2.75, 3.05) is 0 Å². The Morgan fingerprint density at radius 2 is 1.91 bits per heavy atom. The molecule has 2 nitrogen and oxygen atoms in total. The molecule has 0 bridgehead atoms. The predicted molar refractivity (Wildman–Crippen MR) is 89.4 cm³/mol. The maximum atomic E-state index is 13.0. The summed E-state index contributed by atoms with van der Waals surface area (Å²) < 4.78 is 0. The molecule has 0 aromatic heterocycles. The quantitative estimate of drug-likeness (QED) is 0.727. The van der Waals surface area contributed by atoms with Crippen molar-refractivity contribution in [1.29, 1.82) is 0 Å². The SMILES string of the molecule is C=CC1(C)CC(=O)C2=C(CCC3C(C)(C)CCCC23C)C1O. The maximum Gasteiger partial charge on any atom is 0.160 e. The van der Waals surface area contributed by atoms with Crippen molar-refractivity contribution < 1.29 is 9.90 Å². The van der Waals surface area contributed by atoms with E-state index in [0.29, 0.717) is 12.3 Å². The second-order valence-electron chi connectivity index (χ2n) is 8.96. The summed E-state index contributed by atoms with van der Waals surface area (Å²) in [5.41, 5.74) is 1.76. The van der Waals surface area contributed by atoms with Crippen LogP contribution in [0.1, 0.15) is 66.2 Å². The van der Waals surface area contributed by atoms with Gasteiger partial charge in [-0.25, -0.2) is 0 Å². The van der Waals surface area contributed by atoms with E-state index in [1.807, 2.05) is 6.92 Å². The summed E-state index contributed by atoms with van der Waals surface area (Å²) >= 11 is 0. The van der Waals surface area contributed by atoms with Crippen molar-refractivity contribution in [3.8, 4) is 0 Å². The number of ketones is 1. The zero-order chi connectivity index (χ0) is 16.3. The minimum absolute atomic E-state index is 0.0457. The number of Topliss-reactive ketones (excluding diaryl/α,β-unsaturated/α-hetero) is 1. The van der Waals surface area contributed by atoms with Crippen LogP contribution in [0.3, 0.4) is 0 Å². The summed E-state index contributed by atoms with van der Waals surface area (Å²) in [6.07, 6.45) is 7.12. The molecule has 1 saturated carbocycles. The van der Waals surface area contributed by atoms with Crippen LogP contribution in [-0.2, 0) is 4.79 Å². The van der Waals surface area contributed by atoms with Crippen LogP contribution in [0.2, 0.25) is 0 Å². The third-order valence-electron chi connectivity index (χ3n) is 7.07. The van der Waals surface area contributed by atoms with Crippen molar-refractivity contribution in [3.63, 3.8) is 0 Å². The molecule has 1 fully saturated rings. The molecule has 0 aromatic rings. The van der Waals surface area contributed by atoms with Gasteiger partial charge in [0, 0.05) is 17.4 Å². The fourth-order valence-electron chi connectivity index (χ4n) is 5.81. The average molecular weight is 302 g/mol. The lowest BCUT2D eigenvalue weighted by atomic mass is 9.47. The van der Waals surface area contributed by atoms with Gasteiger partial charge in [0.25, 0.3) is 0 Å². The molecule has 0 heterocycles. The Morgan fingerprint density at radius 1 is 1.23 bits per heavy atom. The van der Waals surface area contributed by atoms with E-state index in [2.05, 4.69) is 27.4 Å². The van der Waals surface area contributed by atoms with Gasteiger partial charge in [-0.2, -0.15) is 0 Å². The van der Waals surface area contributed by atoms with Crippen molar-refractivity contribution in [2.45, 2.75) is 72.3 Å². The number of fused-ring (bicyclic) bond motifs is 2. The molecule has 22 heavy (non-hydrogen) atoms. The molecule has 1 N–H and O–H groups in total.